The van der Waals surface area contributed by atoms with Crippen LogP contribution in [0.2, 0.25) is 5.02 Å². The Morgan fingerprint density at radius 2 is 1.89 bits per heavy atom. The van der Waals surface area contributed by atoms with Crippen LogP contribution in [-0.4, -0.2) is 45.4 Å². The first-order chi connectivity index (χ1) is 9.19. The Labute approximate surface area is 120 Å². The Balaban J connectivity index is 2.64. The van der Waals surface area contributed by atoms with Crippen LogP contribution < -0.4 is 5.73 Å². The Bertz CT molecular complexity index is 354. The predicted octanol–water partition coefficient (Wildman–Crippen LogP) is 2.41. The van der Waals surface area contributed by atoms with Crippen molar-refractivity contribution < 1.29 is 9.47 Å². The van der Waals surface area contributed by atoms with E-state index in [4.69, 9.17) is 26.8 Å². The van der Waals surface area contributed by atoms with Gasteiger partial charge in [-0.3, -0.25) is 4.90 Å². The molecule has 1 aromatic carbocycles. The molecule has 0 aliphatic rings. The molecule has 0 unspecified atom stereocenters. The van der Waals surface area contributed by atoms with Crippen LogP contribution in [0, 0.1) is 0 Å². The fourth-order valence-corrected chi connectivity index (χ4v) is 2.13. The van der Waals surface area contributed by atoms with Gasteiger partial charge >= 0.3 is 0 Å². The van der Waals surface area contributed by atoms with E-state index >= 15 is 0 Å². The molecule has 0 saturated heterocycles. The maximum absolute atomic E-state index is 6.21. The summed E-state index contributed by atoms with van der Waals surface area (Å²) in [5.41, 5.74) is 7.71. The van der Waals surface area contributed by atoms with Gasteiger partial charge in [0.15, 0.2) is 0 Å². The molecule has 0 atom stereocenters. The molecular formula is C14H23ClN2O2. The van der Waals surface area contributed by atoms with Crippen LogP contribution >= 0.6 is 11.6 Å². The van der Waals surface area contributed by atoms with Crippen LogP contribution in [0.25, 0.3) is 0 Å². The van der Waals surface area contributed by atoms with Crippen LogP contribution in [0.4, 0.5) is 5.69 Å². The Hall–Kier alpha value is -0.810. The van der Waals surface area contributed by atoms with Crippen LogP contribution in [0.3, 0.4) is 0 Å². The van der Waals surface area contributed by atoms with Gasteiger partial charge < -0.3 is 15.2 Å². The third-order valence-electron chi connectivity index (χ3n) is 2.97. The Kier molecular flexibility index (Phi) is 7.82. The second-order valence-corrected chi connectivity index (χ2v) is 4.83. The van der Waals surface area contributed by atoms with E-state index in [0.717, 1.165) is 43.9 Å². The summed E-state index contributed by atoms with van der Waals surface area (Å²) >= 11 is 6.21. The first-order valence-corrected chi connectivity index (χ1v) is 6.80. The summed E-state index contributed by atoms with van der Waals surface area (Å²) in [6.07, 6.45) is 0.977. The molecule has 0 amide bonds. The van der Waals surface area contributed by atoms with Crippen LogP contribution in [0.15, 0.2) is 18.2 Å². The summed E-state index contributed by atoms with van der Waals surface area (Å²) in [5, 5.41) is 0.717. The van der Waals surface area contributed by atoms with Gasteiger partial charge in [-0.1, -0.05) is 17.7 Å². The van der Waals surface area contributed by atoms with Crippen molar-refractivity contribution in [2.24, 2.45) is 0 Å². The number of nitrogen functional groups attached to an aromatic ring is 1. The molecule has 4 nitrogen and oxygen atoms in total. The van der Waals surface area contributed by atoms with Crippen molar-refractivity contribution in [2.75, 3.05) is 46.3 Å². The second-order valence-electron chi connectivity index (χ2n) is 4.42. The van der Waals surface area contributed by atoms with Gasteiger partial charge in [-0.25, -0.2) is 0 Å². The highest BCUT2D eigenvalue weighted by Gasteiger charge is 2.11. The molecule has 0 aromatic heterocycles. The predicted molar refractivity (Wildman–Crippen MR) is 79.5 cm³/mol. The number of nitrogens with two attached hydrogens (primary N) is 1. The van der Waals surface area contributed by atoms with Crippen molar-refractivity contribution in [3.05, 3.63) is 28.8 Å². The molecule has 19 heavy (non-hydrogen) atoms. The van der Waals surface area contributed by atoms with E-state index in [1.807, 2.05) is 18.2 Å². The van der Waals surface area contributed by atoms with E-state index in [2.05, 4.69) is 4.90 Å². The highest BCUT2D eigenvalue weighted by atomic mass is 35.5. The molecule has 0 saturated carbocycles. The quantitative estimate of drug-likeness (QED) is 0.559. The molecule has 0 fully saturated rings. The number of hydrogen-bond acceptors (Lipinski definition) is 4. The van der Waals surface area contributed by atoms with Crippen LogP contribution in [0.5, 0.6) is 0 Å². The maximum atomic E-state index is 6.21. The fraction of sp³-hybridized carbons (Fsp3) is 0.571. The molecule has 0 heterocycles. The minimum Gasteiger partial charge on any atom is -0.398 e. The van der Waals surface area contributed by atoms with Gasteiger partial charge in [0, 0.05) is 56.7 Å². The third kappa shape index (κ3) is 5.78. The van der Waals surface area contributed by atoms with Crippen molar-refractivity contribution in [2.45, 2.75) is 13.0 Å². The molecule has 1 aromatic rings. The standard InChI is InChI=1S/C14H23ClN2O2/c1-18-9-4-7-17(8-10-19-2)11-12-13(15)5-3-6-14(12)16/h3,5-6H,4,7-11,16H2,1-2H3. The average Bonchev–Trinajstić information content (AvgIpc) is 2.39. The molecule has 2 N–H and O–H groups in total. The van der Waals surface area contributed by atoms with Gasteiger partial charge in [-0.2, -0.15) is 0 Å². The van der Waals surface area contributed by atoms with Crippen molar-refractivity contribution in [1.29, 1.82) is 0 Å². The van der Waals surface area contributed by atoms with E-state index in [0.29, 0.717) is 11.6 Å². The molecular weight excluding hydrogens is 264 g/mol. The lowest BCUT2D eigenvalue weighted by atomic mass is 10.1. The highest BCUT2D eigenvalue weighted by Crippen LogP contribution is 2.23. The molecule has 5 heteroatoms. The smallest absolute Gasteiger partial charge is 0.0589 e. The summed E-state index contributed by atoms with van der Waals surface area (Å²) < 4.78 is 10.2. The maximum Gasteiger partial charge on any atom is 0.0589 e. The number of anilines is 1. The first kappa shape index (κ1) is 16.2. The van der Waals surface area contributed by atoms with E-state index in [1.54, 1.807) is 14.2 Å². The van der Waals surface area contributed by atoms with Gasteiger partial charge in [0.25, 0.3) is 0 Å². The second kappa shape index (κ2) is 9.15. The molecule has 0 aliphatic heterocycles. The molecule has 0 bridgehead atoms. The van der Waals surface area contributed by atoms with Gasteiger partial charge in [0.05, 0.1) is 6.61 Å². The summed E-state index contributed by atoms with van der Waals surface area (Å²) in [5.74, 6) is 0. The molecule has 0 spiro atoms. The lowest BCUT2D eigenvalue weighted by Crippen LogP contribution is -2.29. The fourth-order valence-electron chi connectivity index (χ4n) is 1.89. The summed E-state index contributed by atoms with van der Waals surface area (Å²) in [4.78, 5) is 2.28. The van der Waals surface area contributed by atoms with Gasteiger partial charge in [-0.15, -0.1) is 0 Å². The monoisotopic (exact) mass is 286 g/mol. The van der Waals surface area contributed by atoms with Gasteiger partial charge in [0.1, 0.15) is 0 Å². The van der Waals surface area contributed by atoms with Gasteiger partial charge in [0.2, 0.25) is 0 Å². The SMILES string of the molecule is COCCCN(CCOC)Cc1c(N)cccc1Cl. The largest absolute Gasteiger partial charge is 0.398 e. The van der Waals surface area contributed by atoms with Crippen LogP contribution in [-0.2, 0) is 16.0 Å². The highest BCUT2D eigenvalue weighted by molar-refractivity contribution is 6.31. The van der Waals surface area contributed by atoms with Gasteiger partial charge in [-0.05, 0) is 18.6 Å². The lowest BCUT2D eigenvalue weighted by molar-refractivity contribution is 0.129. The summed E-state index contributed by atoms with van der Waals surface area (Å²) in [7, 11) is 3.42. The van der Waals surface area contributed by atoms with Crippen molar-refractivity contribution in [3.63, 3.8) is 0 Å². The summed E-state index contributed by atoms with van der Waals surface area (Å²) in [6, 6.07) is 5.62. The van der Waals surface area contributed by atoms with E-state index in [-0.39, 0.29) is 0 Å². The number of hydrogen-bond donors (Lipinski definition) is 1. The zero-order valence-electron chi connectivity index (χ0n) is 11.7. The Morgan fingerprint density at radius 3 is 2.53 bits per heavy atom. The molecule has 108 valence electrons. The van der Waals surface area contributed by atoms with E-state index < -0.39 is 0 Å². The minimum atomic E-state index is 0.692. The molecule has 1 rings (SSSR count). The molecule has 0 aliphatic carbocycles. The first-order valence-electron chi connectivity index (χ1n) is 6.42. The zero-order chi connectivity index (χ0) is 14.1. The van der Waals surface area contributed by atoms with E-state index in [1.165, 1.54) is 0 Å². The topological polar surface area (TPSA) is 47.7 Å². The average molecular weight is 287 g/mol. The number of methoxy groups -OCH3 is 2. The minimum absolute atomic E-state index is 0.692. The third-order valence-corrected chi connectivity index (χ3v) is 3.33. The lowest BCUT2D eigenvalue weighted by Gasteiger charge is -2.23. The van der Waals surface area contributed by atoms with Crippen molar-refractivity contribution in [1.82, 2.24) is 4.90 Å². The number of halogens is 1. The van der Waals surface area contributed by atoms with Crippen LogP contribution in [0.1, 0.15) is 12.0 Å². The zero-order valence-corrected chi connectivity index (χ0v) is 12.4. The Morgan fingerprint density at radius 1 is 1.16 bits per heavy atom. The van der Waals surface area contributed by atoms with Crippen molar-refractivity contribution in [3.8, 4) is 0 Å². The molecule has 0 radical (unpaired) electrons. The number of benzene rings is 1. The number of ether oxygens (including phenoxy) is 2. The number of rotatable bonds is 9. The van der Waals surface area contributed by atoms with E-state index in [9.17, 15) is 0 Å². The van der Waals surface area contributed by atoms with Crippen molar-refractivity contribution >= 4 is 17.3 Å². The summed E-state index contributed by atoms with van der Waals surface area (Å²) in [6.45, 7) is 3.96. The number of nitrogens with zero attached hydrogens (tertiary/aromatic N) is 1. The normalized spacial score (nSPS) is 11.2.